The summed E-state index contributed by atoms with van der Waals surface area (Å²) in [6.07, 6.45) is -1.50. The molecule has 0 bridgehead atoms. The molecule has 1 amide bonds. The average Bonchev–Trinajstić information content (AvgIpc) is 3.21. The van der Waals surface area contributed by atoms with Crippen molar-refractivity contribution in [1.82, 2.24) is 19.7 Å². The van der Waals surface area contributed by atoms with E-state index in [9.17, 15) is 18.0 Å². The Balaban J connectivity index is 1.71. The first-order valence-corrected chi connectivity index (χ1v) is 12.3. The highest BCUT2D eigenvalue weighted by molar-refractivity contribution is 7.99. The monoisotopic (exact) mass is 508 g/mol. The molecule has 1 aromatic heterocycles. The second kappa shape index (κ2) is 10.00. The SMILES string of the molecule is C[C@@H]1CCC[C@@H](C)N1C(=O)CSc1nnc(-c2ccccc2Cl)n1-c1cccc(C(F)(F)F)c1. The number of likely N-dealkylation sites (tertiary alicyclic amines) is 1. The molecule has 4 rings (SSSR count). The maximum absolute atomic E-state index is 13.4. The van der Waals surface area contributed by atoms with Gasteiger partial charge >= 0.3 is 6.18 Å². The van der Waals surface area contributed by atoms with Gasteiger partial charge in [-0.15, -0.1) is 10.2 Å². The summed E-state index contributed by atoms with van der Waals surface area (Å²) in [5, 5.41) is 9.17. The minimum atomic E-state index is -4.50. The molecule has 0 unspecified atom stereocenters. The number of hydrogen-bond donors (Lipinski definition) is 0. The highest BCUT2D eigenvalue weighted by Gasteiger charge is 2.32. The van der Waals surface area contributed by atoms with Crippen molar-refractivity contribution in [2.75, 3.05) is 5.75 Å². The standard InChI is InChI=1S/C24H24ClF3N4OS/c1-15-7-5-8-16(2)31(15)21(33)14-34-23-30-29-22(19-11-3-4-12-20(19)25)32(23)18-10-6-9-17(13-18)24(26,27)28/h3-4,6,9-13,15-16H,5,7-8,14H2,1-2H3/t15-,16-/m1/s1. The molecule has 1 aliphatic rings. The van der Waals surface area contributed by atoms with Gasteiger partial charge in [0.1, 0.15) is 0 Å². The summed E-state index contributed by atoms with van der Waals surface area (Å²) >= 11 is 7.52. The van der Waals surface area contributed by atoms with E-state index in [4.69, 9.17) is 11.6 Å². The van der Waals surface area contributed by atoms with Gasteiger partial charge in [-0.3, -0.25) is 9.36 Å². The molecule has 0 radical (unpaired) electrons. The zero-order valence-electron chi connectivity index (χ0n) is 18.7. The first kappa shape index (κ1) is 24.6. The summed E-state index contributed by atoms with van der Waals surface area (Å²) in [6, 6.07) is 12.2. The molecule has 2 atom stereocenters. The van der Waals surface area contributed by atoms with E-state index in [-0.39, 0.29) is 29.4 Å². The Morgan fingerprint density at radius 1 is 1.09 bits per heavy atom. The number of rotatable bonds is 5. The average molecular weight is 509 g/mol. The van der Waals surface area contributed by atoms with Crippen molar-refractivity contribution in [3.8, 4) is 17.1 Å². The lowest BCUT2D eigenvalue weighted by molar-refractivity contribution is -0.137. The zero-order chi connectivity index (χ0) is 24.5. The molecule has 0 aliphatic carbocycles. The number of halogens is 4. The van der Waals surface area contributed by atoms with Gasteiger partial charge in [-0.05, 0) is 63.4 Å². The van der Waals surface area contributed by atoms with Gasteiger partial charge in [0.2, 0.25) is 5.91 Å². The number of thioether (sulfide) groups is 1. The Bertz CT molecular complexity index is 1170. The first-order valence-electron chi connectivity index (χ1n) is 11.0. The molecule has 180 valence electrons. The predicted octanol–water partition coefficient (Wildman–Crippen LogP) is 6.49. The van der Waals surface area contributed by atoms with Crippen LogP contribution < -0.4 is 0 Å². The summed E-state index contributed by atoms with van der Waals surface area (Å²) < 4.78 is 41.8. The predicted molar refractivity (Wildman–Crippen MR) is 127 cm³/mol. The fraction of sp³-hybridized carbons (Fsp3) is 0.375. The van der Waals surface area contributed by atoms with Crippen molar-refractivity contribution in [2.24, 2.45) is 0 Å². The van der Waals surface area contributed by atoms with Gasteiger partial charge in [0.15, 0.2) is 11.0 Å². The van der Waals surface area contributed by atoms with Gasteiger partial charge in [0.05, 0.1) is 22.0 Å². The molecule has 2 aromatic carbocycles. The van der Waals surface area contributed by atoms with E-state index in [1.54, 1.807) is 30.3 Å². The third-order valence-corrected chi connectivity index (χ3v) is 7.23. The highest BCUT2D eigenvalue weighted by Crippen LogP contribution is 2.35. The molecular formula is C24H24ClF3N4OS. The van der Waals surface area contributed by atoms with E-state index in [2.05, 4.69) is 10.2 Å². The number of nitrogens with zero attached hydrogens (tertiary/aromatic N) is 4. The summed E-state index contributed by atoms with van der Waals surface area (Å²) in [5.41, 5.74) is -0.0123. The third kappa shape index (κ3) is 5.10. The smallest absolute Gasteiger partial charge is 0.337 e. The second-order valence-electron chi connectivity index (χ2n) is 8.39. The second-order valence-corrected chi connectivity index (χ2v) is 9.74. The minimum absolute atomic E-state index is 0.0254. The Kier molecular flexibility index (Phi) is 7.23. The fourth-order valence-electron chi connectivity index (χ4n) is 4.35. The van der Waals surface area contributed by atoms with Gasteiger partial charge in [-0.1, -0.05) is 41.6 Å². The van der Waals surface area contributed by atoms with Crippen LogP contribution in [0, 0.1) is 0 Å². The highest BCUT2D eigenvalue weighted by atomic mass is 35.5. The van der Waals surface area contributed by atoms with Crippen LogP contribution in [0.15, 0.2) is 53.7 Å². The molecule has 1 fully saturated rings. The van der Waals surface area contributed by atoms with Crippen LogP contribution in [-0.4, -0.2) is 43.4 Å². The Labute approximate surface area is 205 Å². The van der Waals surface area contributed by atoms with Crippen molar-refractivity contribution in [1.29, 1.82) is 0 Å². The van der Waals surface area contributed by atoms with Gasteiger partial charge < -0.3 is 4.90 Å². The van der Waals surface area contributed by atoms with Crippen molar-refractivity contribution in [3.63, 3.8) is 0 Å². The number of piperidine rings is 1. The lowest BCUT2D eigenvalue weighted by Gasteiger charge is -2.39. The normalized spacial score (nSPS) is 18.8. The van der Waals surface area contributed by atoms with E-state index < -0.39 is 11.7 Å². The Morgan fingerprint density at radius 2 is 1.79 bits per heavy atom. The summed E-state index contributed by atoms with van der Waals surface area (Å²) in [6.45, 7) is 4.08. The molecule has 1 aliphatic heterocycles. The fourth-order valence-corrected chi connectivity index (χ4v) is 5.39. The Morgan fingerprint density at radius 3 is 2.47 bits per heavy atom. The lowest BCUT2D eigenvalue weighted by Crippen LogP contribution is -2.48. The van der Waals surface area contributed by atoms with Crippen LogP contribution in [0.25, 0.3) is 17.1 Å². The summed E-state index contributed by atoms with van der Waals surface area (Å²) in [7, 11) is 0. The molecule has 0 spiro atoms. The molecule has 5 nitrogen and oxygen atoms in total. The van der Waals surface area contributed by atoms with Crippen molar-refractivity contribution in [3.05, 3.63) is 59.1 Å². The minimum Gasteiger partial charge on any atom is -0.337 e. The largest absolute Gasteiger partial charge is 0.416 e. The topological polar surface area (TPSA) is 51.0 Å². The molecule has 1 saturated heterocycles. The molecule has 34 heavy (non-hydrogen) atoms. The van der Waals surface area contributed by atoms with E-state index in [1.165, 1.54) is 10.6 Å². The number of carbonyl (C=O) groups excluding carboxylic acids is 1. The first-order chi connectivity index (χ1) is 16.2. The van der Waals surface area contributed by atoms with Crippen LogP contribution in [0.3, 0.4) is 0 Å². The van der Waals surface area contributed by atoms with E-state index >= 15 is 0 Å². The molecule has 0 N–H and O–H groups in total. The number of hydrogen-bond acceptors (Lipinski definition) is 4. The van der Waals surface area contributed by atoms with Crippen LogP contribution in [0.5, 0.6) is 0 Å². The molecule has 3 aromatic rings. The van der Waals surface area contributed by atoms with Gasteiger partial charge in [0.25, 0.3) is 0 Å². The Hall–Kier alpha value is -2.52. The lowest BCUT2D eigenvalue weighted by atomic mass is 9.98. The van der Waals surface area contributed by atoms with Crippen molar-refractivity contribution in [2.45, 2.75) is 56.5 Å². The van der Waals surface area contributed by atoms with Crippen LogP contribution in [0.4, 0.5) is 13.2 Å². The third-order valence-electron chi connectivity index (χ3n) is 5.99. The van der Waals surface area contributed by atoms with Gasteiger partial charge in [-0.25, -0.2) is 0 Å². The van der Waals surface area contributed by atoms with E-state index in [0.29, 0.717) is 21.6 Å². The summed E-state index contributed by atoms with van der Waals surface area (Å²) in [4.78, 5) is 14.9. The number of amides is 1. The maximum atomic E-state index is 13.4. The number of aromatic nitrogens is 3. The number of benzene rings is 2. The van der Waals surface area contributed by atoms with Gasteiger partial charge in [-0.2, -0.15) is 13.2 Å². The number of carbonyl (C=O) groups is 1. The number of alkyl halides is 3. The van der Waals surface area contributed by atoms with E-state index in [1.807, 2.05) is 18.7 Å². The summed E-state index contributed by atoms with van der Waals surface area (Å²) in [5.74, 6) is 0.385. The van der Waals surface area contributed by atoms with Crippen LogP contribution >= 0.6 is 23.4 Å². The van der Waals surface area contributed by atoms with Crippen molar-refractivity contribution >= 4 is 29.3 Å². The molecule has 0 saturated carbocycles. The van der Waals surface area contributed by atoms with Gasteiger partial charge in [0, 0.05) is 17.6 Å². The van der Waals surface area contributed by atoms with Crippen molar-refractivity contribution < 1.29 is 18.0 Å². The van der Waals surface area contributed by atoms with Crippen LogP contribution in [-0.2, 0) is 11.0 Å². The molecule has 10 heteroatoms. The van der Waals surface area contributed by atoms with Crippen LogP contribution in [0.2, 0.25) is 5.02 Å². The zero-order valence-corrected chi connectivity index (χ0v) is 20.3. The molecule has 2 heterocycles. The molecular weight excluding hydrogens is 485 g/mol. The van der Waals surface area contributed by atoms with E-state index in [0.717, 1.165) is 43.2 Å². The maximum Gasteiger partial charge on any atom is 0.416 e. The quantitative estimate of drug-likeness (QED) is 0.370. The van der Waals surface area contributed by atoms with Crippen LogP contribution in [0.1, 0.15) is 38.7 Å².